The number of likely N-dealkylation sites (tertiary alicyclic amines) is 1. The first-order chi connectivity index (χ1) is 15.9. The number of carbonyl (C=O) groups excluding carboxylic acids is 4. The van der Waals surface area contributed by atoms with Crippen molar-refractivity contribution in [2.45, 2.75) is 26.3 Å². The molecule has 5 rings (SSSR count). The zero-order valence-electron chi connectivity index (χ0n) is 18.6. The molecule has 1 heterocycles. The lowest BCUT2D eigenvalue weighted by Crippen LogP contribution is -2.50. The maximum atomic E-state index is 13.1. The predicted molar refractivity (Wildman–Crippen MR) is 122 cm³/mol. The van der Waals surface area contributed by atoms with Gasteiger partial charge in [0.25, 0.3) is 5.91 Å². The summed E-state index contributed by atoms with van der Waals surface area (Å²) in [7, 11) is 0. The Morgan fingerprint density at radius 2 is 1.64 bits per heavy atom. The van der Waals surface area contributed by atoms with E-state index in [2.05, 4.69) is 5.32 Å². The number of anilines is 1. The molecule has 33 heavy (non-hydrogen) atoms. The van der Waals surface area contributed by atoms with Gasteiger partial charge in [0, 0.05) is 11.1 Å². The van der Waals surface area contributed by atoms with Crippen molar-refractivity contribution >= 4 is 40.2 Å². The lowest BCUT2D eigenvalue weighted by atomic mass is 9.85. The van der Waals surface area contributed by atoms with E-state index in [1.807, 2.05) is 48.6 Å². The number of benzene rings is 2. The van der Waals surface area contributed by atoms with Crippen molar-refractivity contribution in [2.24, 2.45) is 29.6 Å². The van der Waals surface area contributed by atoms with Crippen LogP contribution in [0.3, 0.4) is 0 Å². The van der Waals surface area contributed by atoms with Crippen LogP contribution in [0.4, 0.5) is 5.69 Å². The highest BCUT2D eigenvalue weighted by Gasteiger charge is 2.61. The second-order valence-electron chi connectivity index (χ2n) is 9.42. The number of nitrogens with zero attached hydrogens (tertiary/aromatic N) is 1. The Kier molecular flexibility index (Phi) is 5.27. The number of esters is 1. The molecule has 3 amide bonds. The molecule has 3 aliphatic rings. The lowest BCUT2D eigenvalue weighted by molar-refractivity contribution is -0.162. The van der Waals surface area contributed by atoms with Crippen LogP contribution in [0.15, 0.2) is 54.6 Å². The van der Waals surface area contributed by atoms with E-state index >= 15 is 0 Å². The minimum Gasteiger partial charge on any atom is -0.454 e. The SMILES string of the molecule is CC(C)[C@H](C(=O)OCC(=O)Nc1cccc2ccccc12)N1C(=O)[C@H]2[C@H](C1=O)[C@H]1C=C[C@H]2C1. The molecular formula is C26H26N2O5. The molecule has 2 fully saturated rings. The van der Waals surface area contributed by atoms with Gasteiger partial charge in [-0.3, -0.25) is 19.3 Å². The summed E-state index contributed by atoms with van der Waals surface area (Å²) >= 11 is 0. The van der Waals surface area contributed by atoms with E-state index in [9.17, 15) is 19.2 Å². The molecule has 2 bridgehead atoms. The standard InChI is InChI=1S/C26H26N2O5/c1-14(2)23(28-24(30)21-16-10-11-17(12-16)22(21)25(28)31)26(32)33-13-20(29)27-19-9-5-7-15-6-3-4-8-18(15)19/h3-11,14,16-17,21-23H,12-13H2,1-2H3,(H,27,29)/t16-,17-,21+,22+,23+/m0/s1. The molecule has 2 aliphatic carbocycles. The number of imide groups is 1. The van der Waals surface area contributed by atoms with Crippen molar-refractivity contribution in [3.8, 4) is 0 Å². The van der Waals surface area contributed by atoms with E-state index in [1.54, 1.807) is 19.9 Å². The molecule has 1 aliphatic heterocycles. The van der Waals surface area contributed by atoms with Crippen molar-refractivity contribution in [1.29, 1.82) is 0 Å². The fourth-order valence-corrected chi connectivity index (χ4v) is 5.62. The Labute approximate surface area is 191 Å². The molecule has 5 atom stereocenters. The maximum absolute atomic E-state index is 13.1. The Morgan fingerprint density at radius 3 is 2.30 bits per heavy atom. The van der Waals surface area contributed by atoms with Gasteiger partial charge in [-0.2, -0.15) is 0 Å². The fourth-order valence-electron chi connectivity index (χ4n) is 5.62. The van der Waals surface area contributed by atoms with Crippen LogP contribution < -0.4 is 5.32 Å². The minimum atomic E-state index is -1.04. The Hall–Kier alpha value is -3.48. The number of nitrogens with one attached hydrogen (secondary N) is 1. The second-order valence-corrected chi connectivity index (χ2v) is 9.42. The monoisotopic (exact) mass is 446 g/mol. The van der Waals surface area contributed by atoms with Crippen molar-refractivity contribution < 1.29 is 23.9 Å². The van der Waals surface area contributed by atoms with Gasteiger partial charge in [-0.1, -0.05) is 62.4 Å². The summed E-state index contributed by atoms with van der Waals surface area (Å²) in [6.07, 6.45) is 4.85. The average Bonchev–Trinajstić information content (AvgIpc) is 3.48. The van der Waals surface area contributed by atoms with Gasteiger partial charge in [-0.25, -0.2) is 4.79 Å². The highest BCUT2D eigenvalue weighted by Crippen LogP contribution is 2.53. The number of ether oxygens (including phenoxy) is 1. The van der Waals surface area contributed by atoms with Crippen LogP contribution in [0.2, 0.25) is 0 Å². The van der Waals surface area contributed by atoms with Crippen LogP contribution >= 0.6 is 0 Å². The van der Waals surface area contributed by atoms with Crippen LogP contribution in [0.1, 0.15) is 20.3 Å². The molecule has 0 aromatic heterocycles. The van der Waals surface area contributed by atoms with Gasteiger partial charge in [-0.05, 0) is 35.6 Å². The molecule has 7 nitrogen and oxygen atoms in total. The summed E-state index contributed by atoms with van der Waals surface area (Å²) in [5.74, 6) is -2.77. The third kappa shape index (κ3) is 3.52. The summed E-state index contributed by atoms with van der Waals surface area (Å²) < 4.78 is 5.30. The van der Waals surface area contributed by atoms with Gasteiger partial charge in [0.05, 0.1) is 11.8 Å². The Morgan fingerprint density at radius 1 is 1.00 bits per heavy atom. The van der Waals surface area contributed by atoms with Gasteiger partial charge >= 0.3 is 5.97 Å². The summed E-state index contributed by atoms with van der Waals surface area (Å²) in [5.41, 5.74) is 0.621. The summed E-state index contributed by atoms with van der Waals surface area (Å²) in [6.45, 7) is 3.04. The third-order valence-corrected chi connectivity index (χ3v) is 7.06. The number of fused-ring (bicyclic) bond motifs is 6. The van der Waals surface area contributed by atoms with Gasteiger partial charge in [0.15, 0.2) is 6.61 Å². The number of carbonyl (C=O) groups is 4. The highest BCUT2D eigenvalue weighted by atomic mass is 16.5. The summed E-state index contributed by atoms with van der Waals surface area (Å²) in [5, 5.41) is 4.63. The second kappa shape index (κ2) is 8.14. The van der Waals surface area contributed by atoms with Crippen LogP contribution in [-0.4, -0.2) is 41.2 Å². The summed E-state index contributed by atoms with van der Waals surface area (Å²) in [6, 6.07) is 12.2. The molecule has 0 radical (unpaired) electrons. The molecule has 1 saturated heterocycles. The molecule has 170 valence electrons. The first-order valence-corrected chi connectivity index (χ1v) is 11.4. The van der Waals surface area contributed by atoms with Crippen molar-refractivity contribution in [3.63, 3.8) is 0 Å². The first kappa shape index (κ1) is 21.4. The van der Waals surface area contributed by atoms with Crippen LogP contribution in [0.25, 0.3) is 10.8 Å². The Bertz CT molecular complexity index is 1150. The number of hydrogen-bond acceptors (Lipinski definition) is 5. The van der Waals surface area contributed by atoms with Gasteiger partial charge in [0.2, 0.25) is 11.8 Å². The first-order valence-electron chi connectivity index (χ1n) is 11.4. The van der Waals surface area contributed by atoms with E-state index in [4.69, 9.17) is 4.74 Å². The van der Waals surface area contributed by atoms with E-state index in [-0.39, 0.29) is 41.4 Å². The van der Waals surface area contributed by atoms with Gasteiger partial charge in [0.1, 0.15) is 6.04 Å². The quantitative estimate of drug-likeness (QED) is 0.418. The van der Waals surface area contributed by atoms with Gasteiger partial charge in [-0.15, -0.1) is 0 Å². The molecule has 2 aromatic carbocycles. The number of hydrogen-bond donors (Lipinski definition) is 1. The van der Waals surface area contributed by atoms with Crippen molar-refractivity contribution in [3.05, 3.63) is 54.6 Å². The normalized spacial score (nSPS) is 26.2. The van der Waals surface area contributed by atoms with Crippen LogP contribution in [-0.2, 0) is 23.9 Å². The largest absolute Gasteiger partial charge is 0.454 e. The highest BCUT2D eigenvalue weighted by molar-refractivity contribution is 6.09. The van der Waals surface area contributed by atoms with E-state index in [0.717, 1.165) is 22.1 Å². The zero-order chi connectivity index (χ0) is 23.3. The van der Waals surface area contributed by atoms with E-state index < -0.39 is 24.5 Å². The van der Waals surface area contributed by atoms with Crippen molar-refractivity contribution in [2.75, 3.05) is 11.9 Å². The topological polar surface area (TPSA) is 92.8 Å². The number of rotatable bonds is 6. The van der Waals surface area contributed by atoms with Crippen LogP contribution in [0.5, 0.6) is 0 Å². The number of amides is 3. The fraction of sp³-hybridized carbons (Fsp3) is 0.385. The van der Waals surface area contributed by atoms with Gasteiger partial charge < -0.3 is 10.1 Å². The minimum absolute atomic E-state index is 0.0664. The van der Waals surface area contributed by atoms with Crippen molar-refractivity contribution in [1.82, 2.24) is 4.90 Å². The molecule has 7 heteroatoms. The smallest absolute Gasteiger partial charge is 0.330 e. The average molecular weight is 447 g/mol. The van der Waals surface area contributed by atoms with E-state index in [0.29, 0.717) is 5.69 Å². The predicted octanol–water partition coefficient (Wildman–Crippen LogP) is 3.15. The van der Waals surface area contributed by atoms with E-state index in [1.165, 1.54) is 0 Å². The molecule has 2 aromatic rings. The molecule has 1 saturated carbocycles. The molecule has 0 unspecified atom stereocenters. The van der Waals surface area contributed by atoms with Crippen LogP contribution in [0, 0.1) is 29.6 Å². The Balaban J connectivity index is 1.27. The maximum Gasteiger partial charge on any atom is 0.330 e. The number of allylic oxidation sites excluding steroid dienone is 2. The lowest BCUT2D eigenvalue weighted by Gasteiger charge is -2.28. The summed E-state index contributed by atoms with van der Waals surface area (Å²) in [4.78, 5) is 52.8. The molecule has 0 spiro atoms. The molecule has 1 N–H and O–H groups in total. The third-order valence-electron chi connectivity index (χ3n) is 7.06. The zero-order valence-corrected chi connectivity index (χ0v) is 18.6. The molecular weight excluding hydrogens is 420 g/mol.